The maximum absolute atomic E-state index is 8.99. The number of hydrogen-bond donors (Lipinski definition) is 2. The van der Waals surface area contributed by atoms with E-state index in [0.717, 1.165) is 12.6 Å². The highest BCUT2D eigenvalue weighted by molar-refractivity contribution is 7.73. The molecule has 0 aromatic heterocycles. The Balaban J connectivity index is 3.36. The van der Waals surface area contributed by atoms with Crippen LogP contribution in [-0.2, 0) is 0 Å². The van der Waals surface area contributed by atoms with Crippen LogP contribution in [0.15, 0.2) is 0 Å². The standard InChI is InChI=1S/C7H18O2P/c1-10(2,3)5-4-7(9)6-8/h7-9H,4-6H2,1-3H3/q+1. The summed E-state index contributed by atoms with van der Waals surface area (Å²) in [6.45, 7) is 6.60. The van der Waals surface area contributed by atoms with Crippen molar-refractivity contribution in [1.29, 1.82) is 0 Å². The van der Waals surface area contributed by atoms with Crippen LogP contribution in [0.25, 0.3) is 0 Å². The van der Waals surface area contributed by atoms with Crippen LogP contribution in [0.1, 0.15) is 6.42 Å². The van der Waals surface area contributed by atoms with E-state index in [-0.39, 0.29) is 6.61 Å². The fourth-order valence-corrected chi connectivity index (χ4v) is 1.70. The van der Waals surface area contributed by atoms with Crippen molar-refractivity contribution in [2.24, 2.45) is 0 Å². The average molecular weight is 165 g/mol. The van der Waals surface area contributed by atoms with Crippen molar-refractivity contribution in [3.05, 3.63) is 0 Å². The number of aliphatic hydroxyl groups excluding tert-OH is 2. The lowest BCUT2D eigenvalue weighted by molar-refractivity contribution is 0.0929. The second-order valence-electron chi connectivity index (χ2n) is 3.64. The van der Waals surface area contributed by atoms with Crippen LogP contribution in [0.3, 0.4) is 0 Å². The summed E-state index contributed by atoms with van der Waals surface area (Å²) in [4.78, 5) is 0. The summed E-state index contributed by atoms with van der Waals surface area (Å²) in [5.74, 6) is 0. The predicted octanol–water partition coefficient (Wildman–Crippen LogP) is 0.637. The minimum Gasteiger partial charge on any atom is -0.394 e. The largest absolute Gasteiger partial charge is 0.394 e. The van der Waals surface area contributed by atoms with Gasteiger partial charge < -0.3 is 10.2 Å². The third-order valence-corrected chi connectivity index (χ3v) is 2.94. The summed E-state index contributed by atoms with van der Waals surface area (Å²) >= 11 is 0. The van der Waals surface area contributed by atoms with Crippen LogP contribution < -0.4 is 0 Å². The van der Waals surface area contributed by atoms with Crippen molar-refractivity contribution in [2.45, 2.75) is 12.5 Å². The fraction of sp³-hybridized carbons (Fsp3) is 1.00. The molecule has 0 saturated heterocycles. The molecule has 2 nitrogen and oxygen atoms in total. The van der Waals surface area contributed by atoms with Crippen molar-refractivity contribution in [3.8, 4) is 0 Å². The van der Waals surface area contributed by atoms with Crippen LogP contribution >= 0.6 is 7.26 Å². The summed E-state index contributed by atoms with van der Waals surface area (Å²) in [6, 6.07) is 0. The second kappa shape index (κ2) is 4.27. The summed E-state index contributed by atoms with van der Waals surface area (Å²) in [5, 5.41) is 17.5. The maximum Gasteiger partial charge on any atom is 0.0805 e. The first-order chi connectivity index (χ1) is 4.45. The van der Waals surface area contributed by atoms with Crippen LogP contribution in [0.2, 0.25) is 0 Å². The molecule has 0 rings (SSSR count). The Morgan fingerprint density at radius 2 is 1.80 bits per heavy atom. The van der Waals surface area contributed by atoms with Crippen molar-refractivity contribution in [3.63, 3.8) is 0 Å². The molecular formula is C7H18O2P+. The Morgan fingerprint density at radius 1 is 1.30 bits per heavy atom. The quantitative estimate of drug-likeness (QED) is 0.600. The molecule has 0 aromatic carbocycles. The smallest absolute Gasteiger partial charge is 0.0805 e. The minimum atomic E-state index is -0.754. The van der Waals surface area contributed by atoms with E-state index in [0.29, 0.717) is 0 Å². The summed E-state index contributed by atoms with van der Waals surface area (Å²) < 4.78 is 0. The van der Waals surface area contributed by atoms with Gasteiger partial charge in [-0.05, 0) is 0 Å². The monoisotopic (exact) mass is 165 g/mol. The van der Waals surface area contributed by atoms with Crippen molar-refractivity contribution < 1.29 is 10.2 Å². The van der Waals surface area contributed by atoms with Gasteiger partial charge in [0.15, 0.2) is 0 Å². The first-order valence-electron chi connectivity index (χ1n) is 3.55. The molecular weight excluding hydrogens is 147 g/mol. The highest BCUT2D eigenvalue weighted by Gasteiger charge is 2.18. The minimum absolute atomic E-state index is 0.0972. The van der Waals surface area contributed by atoms with E-state index in [1.165, 1.54) is 0 Å². The van der Waals surface area contributed by atoms with Gasteiger partial charge in [-0.25, -0.2) is 0 Å². The Kier molecular flexibility index (Phi) is 4.42. The van der Waals surface area contributed by atoms with Crippen molar-refractivity contribution in [1.82, 2.24) is 0 Å². The first kappa shape index (κ1) is 10.3. The van der Waals surface area contributed by atoms with Gasteiger partial charge in [-0.1, -0.05) is 0 Å². The Hall–Kier alpha value is 0.350. The van der Waals surface area contributed by atoms with E-state index < -0.39 is 13.4 Å². The van der Waals surface area contributed by atoms with Gasteiger partial charge in [0.2, 0.25) is 0 Å². The predicted molar refractivity (Wildman–Crippen MR) is 47.3 cm³/mol. The summed E-state index contributed by atoms with van der Waals surface area (Å²) in [5.41, 5.74) is 0. The zero-order valence-electron chi connectivity index (χ0n) is 7.04. The SMILES string of the molecule is C[P+](C)(C)CCC(O)CO. The molecule has 1 atom stereocenters. The normalized spacial score (nSPS) is 15.3. The molecule has 0 saturated carbocycles. The van der Waals surface area contributed by atoms with Gasteiger partial charge in [0, 0.05) is 33.7 Å². The second-order valence-corrected chi connectivity index (χ2v) is 8.67. The van der Waals surface area contributed by atoms with E-state index in [9.17, 15) is 0 Å². The van der Waals surface area contributed by atoms with Crippen molar-refractivity contribution in [2.75, 3.05) is 32.8 Å². The molecule has 0 spiro atoms. The third kappa shape index (κ3) is 6.47. The molecule has 0 aliphatic rings. The van der Waals surface area contributed by atoms with Gasteiger partial charge in [-0.3, -0.25) is 0 Å². The topological polar surface area (TPSA) is 40.5 Å². The van der Waals surface area contributed by atoms with Crippen molar-refractivity contribution >= 4 is 7.26 Å². The highest BCUT2D eigenvalue weighted by Crippen LogP contribution is 2.46. The summed E-state index contributed by atoms with van der Waals surface area (Å²) in [7, 11) is -0.754. The van der Waals surface area contributed by atoms with Gasteiger partial charge >= 0.3 is 0 Å². The average Bonchev–Trinajstić information content (AvgIpc) is 1.81. The first-order valence-corrected chi connectivity index (χ1v) is 6.86. The van der Waals surface area contributed by atoms with Gasteiger partial charge in [0.25, 0.3) is 0 Å². The zero-order valence-corrected chi connectivity index (χ0v) is 7.93. The molecule has 0 amide bonds. The van der Waals surface area contributed by atoms with Gasteiger partial charge in [0.1, 0.15) is 0 Å². The molecule has 0 aliphatic heterocycles. The van der Waals surface area contributed by atoms with Gasteiger partial charge in [-0.15, -0.1) is 0 Å². The molecule has 62 valence electrons. The summed E-state index contributed by atoms with van der Waals surface area (Å²) in [6.07, 6.45) is 1.31. The molecule has 0 radical (unpaired) electrons. The molecule has 0 fully saturated rings. The molecule has 0 aromatic rings. The highest BCUT2D eigenvalue weighted by atomic mass is 31.2. The Labute approximate surface area is 63.6 Å². The molecule has 2 N–H and O–H groups in total. The van der Waals surface area contributed by atoms with Crippen LogP contribution in [0.4, 0.5) is 0 Å². The van der Waals surface area contributed by atoms with E-state index in [1.54, 1.807) is 0 Å². The lowest BCUT2D eigenvalue weighted by Crippen LogP contribution is -2.14. The molecule has 0 aliphatic carbocycles. The molecule has 10 heavy (non-hydrogen) atoms. The van der Waals surface area contributed by atoms with Gasteiger partial charge in [0.05, 0.1) is 18.9 Å². The number of hydrogen-bond acceptors (Lipinski definition) is 2. The fourth-order valence-electron chi connectivity index (χ4n) is 0.628. The van der Waals surface area contributed by atoms with E-state index in [1.807, 2.05) is 0 Å². The molecule has 1 unspecified atom stereocenters. The zero-order chi connectivity index (χ0) is 8.20. The lowest BCUT2D eigenvalue weighted by Gasteiger charge is -2.13. The van der Waals surface area contributed by atoms with Crippen LogP contribution in [-0.4, -0.2) is 49.1 Å². The van der Waals surface area contributed by atoms with Crippen LogP contribution in [0, 0.1) is 0 Å². The third-order valence-electron chi connectivity index (χ3n) is 1.34. The van der Waals surface area contributed by atoms with Gasteiger partial charge in [-0.2, -0.15) is 0 Å². The van der Waals surface area contributed by atoms with Crippen LogP contribution in [0.5, 0.6) is 0 Å². The number of aliphatic hydroxyl groups is 2. The van der Waals surface area contributed by atoms with E-state index in [4.69, 9.17) is 10.2 Å². The number of rotatable bonds is 4. The lowest BCUT2D eigenvalue weighted by atomic mass is 10.3. The molecule has 0 heterocycles. The molecule has 0 bridgehead atoms. The Bertz CT molecular complexity index is 88.1. The molecule has 3 heteroatoms. The van der Waals surface area contributed by atoms with E-state index in [2.05, 4.69) is 20.0 Å². The Morgan fingerprint density at radius 3 is 2.10 bits per heavy atom. The van der Waals surface area contributed by atoms with E-state index >= 15 is 0 Å². The maximum atomic E-state index is 8.99.